The van der Waals surface area contributed by atoms with Crippen molar-refractivity contribution in [1.82, 2.24) is 10.2 Å². The van der Waals surface area contributed by atoms with Gasteiger partial charge in [-0.1, -0.05) is 0 Å². The maximum atomic E-state index is 11.4. The van der Waals surface area contributed by atoms with Crippen LogP contribution in [-0.4, -0.2) is 36.9 Å². The van der Waals surface area contributed by atoms with Gasteiger partial charge in [-0.3, -0.25) is 14.9 Å². The third-order valence-corrected chi connectivity index (χ3v) is 3.23. The van der Waals surface area contributed by atoms with Crippen molar-refractivity contribution in [2.75, 3.05) is 20.1 Å². The molecule has 1 N–H and O–H groups in total. The van der Waals surface area contributed by atoms with E-state index in [4.69, 9.17) is 0 Å². The first-order valence-corrected chi connectivity index (χ1v) is 5.19. The smallest absolute Gasteiger partial charge is 0.230 e. The van der Waals surface area contributed by atoms with Crippen molar-refractivity contribution < 1.29 is 9.59 Å². The predicted octanol–water partition coefficient (Wildman–Crippen LogP) is -0.00910. The summed E-state index contributed by atoms with van der Waals surface area (Å²) in [6.45, 7) is 2.06. The number of rotatable bonds is 1. The second-order valence-corrected chi connectivity index (χ2v) is 4.39. The molecule has 0 saturated carbocycles. The number of carbonyl (C=O) groups excluding carboxylic acids is 2. The van der Waals surface area contributed by atoms with Gasteiger partial charge in [0.25, 0.3) is 0 Å². The van der Waals surface area contributed by atoms with E-state index in [1.165, 1.54) is 0 Å². The van der Waals surface area contributed by atoms with Crippen LogP contribution in [-0.2, 0) is 9.59 Å². The van der Waals surface area contributed by atoms with Crippen molar-refractivity contribution in [2.45, 2.75) is 19.3 Å². The fourth-order valence-corrected chi connectivity index (χ4v) is 2.49. The fourth-order valence-electron chi connectivity index (χ4n) is 2.49. The first-order valence-electron chi connectivity index (χ1n) is 5.19. The molecule has 2 aliphatic rings. The third-order valence-electron chi connectivity index (χ3n) is 3.23. The zero-order valence-corrected chi connectivity index (χ0v) is 8.45. The average molecular weight is 196 g/mol. The Kier molecular flexibility index (Phi) is 2.54. The molecule has 4 nitrogen and oxygen atoms in total. The maximum absolute atomic E-state index is 11.4. The van der Waals surface area contributed by atoms with E-state index in [-0.39, 0.29) is 17.7 Å². The van der Waals surface area contributed by atoms with Crippen molar-refractivity contribution >= 4 is 11.8 Å². The standard InChI is InChI=1S/C10H16N2O2/c1-12-4-2-3-7(6-12)8-5-9(13)11-10(8)14/h7-8H,2-6H2,1H3,(H,11,13,14). The van der Waals surface area contributed by atoms with Crippen LogP contribution in [0, 0.1) is 11.8 Å². The molecule has 2 atom stereocenters. The summed E-state index contributed by atoms with van der Waals surface area (Å²) in [7, 11) is 2.07. The molecule has 14 heavy (non-hydrogen) atoms. The summed E-state index contributed by atoms with van der Waals surface area (Å²) in [6.07, 6.45) is 2.62. The Morgan fingerprint density at radius 3 is 2.79 bits per heavy atom. The van der Waals surface area contributed by atoms with E-state index in [0.29, 0.717) is 12.3 Å². The number of amides is 2. The lowest BCUT2D eigenvalue weighted by molar-refractivity contribution is -0.126. The number of imide groups is 1. The molecule has 0 spiro atoms. The topological polar surface area (TPSA) is 49.4 Å². The minimum absolute atomic E-state index is 0.0599. The first kappa shape index (κ1) is 9.65. The summed E-state index contributed by atoms with van der Waals surface area (Å²) in [5.74, 6) is 0.147. The number of hydrogen-bond acceptors (Lipinski definition) is 3. The monoisotopic (exact) mass is 196 g/mol. The molecular formula is C10H16N2O2. The molecule has 0 aliphatic carbocycles. The molecule has 78 valence electrons. The van der Waals surface area contributed by atoms with Gasteiger partial charge in [0, 0.05) is 13.0 Å². The lowest BCUT2D eigenvalue weighted by Gasteiger charge is -2.31. The molecular weight excluding hydrogens is 180 g/mol. The molecule has 0 aromatic carbocycles. The molecule has 0 radical (unpaired) electrons. The van der Waals surface area contributed by atoms with Crippen LogP contribution in [0.4, 0.5) is 0 Å². The van der Waals surface area contributed by atoms with Gasteiger partial charge in [0.2, 0.25) is 11.8 Å². The molecule has 0 aromatic heterocycles. The highest BCUT2D eigenvalue weighted by molar-refractivity contribution is 6.03. The van der Waals surface area contributed by atoms with E-state index >= 15 is 0 Å². The first-order chi connectivity index (χ1) is 6.66. The quantitative estimate of drug-likeness (QED) is 0.600. The molecule has 0 aromatic rings. The van der Waals surface area contributed by atoms with E-state index in [2.05, 4.69) is 17.3 Å². The third kappa shape index (κ3) is 1.80. The van der Waals surface area contributed by atoms with Gasteiger partial charge in [-0.25, -0.2) is 0 Å². The number of likely N-dealkylation sites (tertiary alicyclic amines) is 1. The largest absolute Gasteiger partial charge is 0.306 e. The minimum atomic E-state index is -0.103. The lowest BCUT2D eigenvalue weighted by atomic mass is 9.84. The van der Waals surface area contributed by atoms with E-state index in [1.54, 1.807) is 0 Å². The van der Waals surface area contributed by atoms with Crippen LogP contribution in [0.3, 0.4) is 0 Å². The van der Waals surface area contributed by atoms with Gasteiger partial charge in [0.1, 0.15) is 0 Å². The van der Waals surface area contributed by atoms with E-state index < -0.39 is 0 Å². The van der Waals surface area contributed by atoms with Crippen LogP contribution in [0.2, 0.25) is 0 Å². The zero-order valence-electron chi connectivity index (χ0n) is 8.45. The fraction of sp³-hybridized carbons (Fsp3) is 0.800. The zero-order chi connectivity index (χ0) is 10.1. The number of piperidine rings is 1. The van der Waals surface area contributed by atoms with Crippen molar-refractivity contribution in [3.8, 4) is 0 Å². The second-order valence-electron chi connectivity index (χ2n) is 4.39. The summed E-state index contributed by atoms with van der Waals surface area (Å²) < 4.78 is 0. The molecule has 2 unspecified atom stereocenters. The Balaban J connectivity index is 2.00. The molecule has 2 fully saturated rings. The van der Waals surface area contributed by atoms with E-state index in [1.807, 2.05) is 0 Å². The normalized spacial score (nSPS) is 34.6. The van der Waals surface area contributed by atoms with Crippen molar-refractivity contribution in [3.63, 3.8) is 0 Å². The number of hydrogen-bond donors (Lipinski definition) is 1. The molecule has 2 amide bonds. The van der Waals surface area contributed by atoms with Crippen molar-refractivity contribution in [2.24, 2.45) is 11.8 Å². The van der Waals surface area contributed by atoms with E-state index in [0.717, 1.165) is 25.9 Å². The van der Waals surface area contributed by atoms with Crippen molar-refractivity contribution in [3.05, 3.63) is 0 Å². The molecule has 2 heterocycles. The van der Waals surface area contributed by atoms with Crippen LogP contribution in [0.15, 0.2) is 0 Å². The van der Waals surface area contributed by atoms with Gasteiger partial charge in [-0.15, -0.1) is 0 Å². The Hall–Kier alpha value is -0.900. The SMILES string of the molecule is CN1CCCC(C2CC(=O)NC2=O)C1. The van der Waals surface area contributed by atoms with Crippen LogP contribution in [0.5, 0.6) is 0 Å². The van der Waals surface area contributed by atoms with Gasteiger partial charge in [-0.05, 0) is 32.4 Å². The average Bonchev–Trinajstić information content (AvgIpc) is 2.45. The molecule has 2 saturated heterocycles. The Labute approximate surface area is 83.6 Å². The summed E-state index contributed by atoms with van der Waals surface area (Å²) in [5.41, 5.74) is 0. The Morgan fingerprint density at radius 2 is 2.21 bits per heavy atom. The Morgan fingerprint density at radius 1 is 1.43 bits per heavy atom. The molecule has 2 rings (SSSR count). The maximum Gasteiger partial charge on any atom is 0.230 e. The summed E-state index contributed by atoms with van der Waals surface area (Å²) in [5, 5.41) is 2.38. The van der Waals surface area contributed by atoms with Gasteiger partial charge >= 0.3 is 0 Å². The molecule has 0 bridgehead atoms. The highest BCUT2D eigenvalue weighted by atomic mass is 16.2. The Bertz CT molecular complexity index is 265. The van der Waals surface area contributed by atoms with Gasteiger partial charge < -0.3 is 4.90 Å². The summed E-state index contributed by atoms with van der Waals surface area (Å²) >= 11 is 0. The summed E-state index contributed by atoms with van der Waals surface area (Å²) in [4.78, 5) is 24.7. The van der Waals surface area contributed by atoms with Crippen LogP contribution >= 0.6 is 0 Å². The highest BCUT2D eigenvalue weighted by Gasteiger charge is 2.37. The van der Waals surface area contributed by atoms with E-state index in [9.17, 15) is 9.59 Å². The molecule has 2 aliphatic heterocycles. The highest BCUT2D eigenvalue weighted by Crippen LogP contribution is 2.28. The van der Waals surface area contributed by atoms with Crippen LogP contribution in [0.25, 0.3) is 0 Å². The van der Waals surface area contributed by atoms with Gasteiger partial charge in [-0.2, -0.15) is 0 Å². The summed E-state index contributed by atoms with van der Waals surface area (Å²) in [6, 6.07) is 0. The van der Waals surface area contributed by atoms with Crippen LogP contribution in [0.1, 0.15) is 19.3 Å². The minimum Gasteiger partial charge on any atom is -0.306 e. The van der Waals surface area contributed by atoms with Gasteiger partial charge in [0.15, 0.2) is 0 Å². The number of nitrogens with one attached hydrogen (secondary N) is 1. The predicted molar refractivity (Wildman–Crippen MR) is 51.5 cm³/mol. The van der Waals surface area contributed by atoms with Crippen LogP contribution < -0.4 is 5.32 Å². The lowest BCUT2D eigenvalue weighted by Crippen LogP contribution is -2.38. The number of carbonyl (C=O) groups is 2. The number of nitrogens with zero attached hydrogens (tertiary/aromatic N) is 1. The molecule has 4 heteroatoms. The van der Waals surface area contributed by atoms with Crippen molar-refractivity contribution in [1.29, 1.82) is 0 Å². The second kappa shape index (κ2) is 3.69. The van der Waals surface area contributed by atoms with Gasteiger partial charge in [0.05, 0.1) is 5.92 Å².